The summed E-state index contributed by atoms with van der Waals surface area (Å²) in [5.74, 6) is 0.314. The van der Waals surface area contributed by atoms with Crippen LogP contribution in [0.15, 0.2) is 48.5 Å². The summed E-state index contributed by atoms with van der Waals surface area (Å²) >= 11 is 0. The molecule has 2 aromatic carbocycles. The first-order chi connectivity index (χ1) is 13.7. The van der Waals surface area contributed by atoms with Crippen LogP contribution in [-0.2, 0) is 0 Å². The third kappa shape index (κ3) is 3.73. The SMILES string of the molecule is COc1ccccc1[C@H](CNC(=O)c1cc2cc(F)ccc2[nH]1)N1CCCC1. The van der Waals surface area contributed by atoms with Crippen LogP contribution in [0.1, 0.15) is 34.9 Å². The van der Waals surface area contributed by atoms with Crippen LogP contribution in [-0.4, -0.2) is 42.5 Å². The Labute approximate surface area is 163 Å². The Morgan fingerprint density at radius 3 is 2.79 bits per heavy atom. The van der Waals surface area contributed by atoms with Crippen LogP contribution in [0.4, 0.5) is 4.39 Å². The van der Waals surface area contributed by atoms with Gasteiger partial charge in [-0.2, -0.15) is 0 Å². The Hall–Kier alpha value is -2.86. The number of aromatic amines is 1. The van der Waals surface area contributed by atoms with E-state index in [9.17, 15) is 9.18 Å². The molecule has 1 amide bonds. The smallest absolute Gasteiger partial charge is 0.267 e. The summed E-state index contributed by atoms with van der Waals surface area (Å²) in [5, 5.41) is 3.73. The molecule has 1 fully saturated rings. The lowest BCUT2D eigenvalue weighted by atomic mass is 10.0. The van der Waals surface area contributed by atoms with Gasteiger partial charge in [0.15, 0.2) is 0 Å². The summed E-state index contributed by atoms with van der Waals surface area (Å²) in [6.07, 6.45) is 2.32. The van der Waals surface area contributed by atoms with Gasteiger partial charge >= 0.3 is 0 Å². The second-order valence-electron chi connectivity index (χ2n) is 7.13. The number of hydrogen-bond donors (Lipinski definition) is 2. The predicted octanol–water partition coefficient (Wildman–Crippen LogP) is 3.88. The number of nitrogens with zero attached hydrogens (tertiary/aromatic N) is 1. The first kappa shape index (κ1) is 18.5. The van der Waals surface area contributed by atoms with E-state index in [0.717, 1.165) is 42.8 Å². The van der Waals surface area contributed by atoms with Gasteiger partial charge < -0.3 is 15.0 Å². The highest BCUT2D eigenvalue weighted by Gasteiger charge is 2.26. The van der Waals surface area contributed by atoms with E-state index >= 15 is 0 Å². The molecule has 1 atom stereocenters. The fourth-order valence-electron chi connectivity index (χ4n) is 3.94. The Morgan fingerprint density at radius 1 is 1.21 bits per heavy atom. The number of fused-ring (bicyclic) bond motifs is 1. The molecule has 2 N–H and O–H groups in total. The van der Waals surface area contributed by atoms with Gasteiger partial charge in [-0.1, -0.05) is 18.2 Å². The molecule has 1 saturated heterocycles. The number of H-pyrrole nitrogens is 1. The third-order valence-electron chi connectivity index (χ3n) is 5.36. The molecule has 0 unspecified atom stereocenters. The van der Waals surface area contributed by atoms with Gasteiger partial charge in [0, 0.05) is 23.0 Å². The van der Waals surface area contributed by atoms with Gasteiger partial charge in [-0.05, 0) is 56.3 Å². The van der Waals surface area contributed by atoms with E-state index in [2.05, 4.69) is 21.3 Å². The first-order valence-corrected chi connectivity index (χ1v) is 9.59. The molecular formula is C22H24FN3O2. The van der Waals surface area contributed by atoms with Gasteiger partial charge in [-0.15, -0.1) is 0 Å². The van der Waals surface area contributed by atoms with Crippen LogP contribution in [0.5, 0.6) is 5.75 Å². The average Bonchev–Trinajstić information content (AvgIpc) is 3.38. The van der Waals surface area contributed by atoms with E-state index in [1.807, 2.05) is 18.2 Å². The van der Waals surface area contributed by atoms with Crippen molar-refractivity contribution in [2.45, 2.75) is 18.9 Å². The van der Waals surface area contributed by atoms with Crippen molar-refractivity contribution in [3.05, 3.63) is 65.6 Å². The molecular weight excluding hydrogens is 357 g/mol. The van der Waals surface area contributed by atoms with Crippen molar-refractivity contribution in [1.29, 1.82) is 0 Å². The van der Waals surface area contributed by atoms with E-state index in [-0.39, 0.29) is 17.8 Å². The molecule has 1 aliphatic heterocycles. The zero-order valence-corrected chi connectivity index (χ0v) is 15.9. The normalized spacial score (nSPS) is 15.6. The molecule has 0 aliphatic carbocycles. The lowest BCUT2D eigenvalue weighted by Crippen LogP contribution is -2.37. The fourth-order valence-corrected chi connectivity index (χ4v) is 3.94. The number of benzene rings is 2. The molecule has 2 heterocycles. The third-order valence-corrected chi connectivity index (χ3v) is 5.36. The van der Waals surface area contributed by atoms with E-state index in [0.29, 0.717) is 17.6 Å². The zero-order valence-electron chi connectivity index (χ0n) is 15.9. The molecule has 1 aliphatic rings. The van der Waals surface area contributed by atoms with Gasteiger partial charge in [-0.25, -0.2) is 4.39 Å². The zero-order chi connectivity index (χ0) is 19.5. The van der Waals surface area contributed by atoms with Gasteiger partial charge in [0.05, 0.1) is 13.2 Å². The molecule has 4 rings (SSSR count). The second-order valence-corrected chi connectivity index (χ2v) is 7.13. The Kier molecular flexibility index (Phi) is 5.30. The highest BCUT2D eigenvalue weighted by Crippen LogP contribution is 2.31. The van der Waals surface area contributed by atoms with Crippen LogP contribution in [0.3, 0.4) is 0 Å². The van der Waals surface area contributed by atoms with E-state index in [4.69, 9.17) is 4.74 Å². The van der Waals surface area contributed by atoms with Crippen LogP contribution < -0.4 is 10.1 Å². The number of aromatic nitrogens is 1. The van der Waals surface area contributed by atoms with Crippen molar-refractivity contribution in [2.24, 2.45) is 0 Å². The largest absolute Gasteiger partial charge is 0.496 e. The van der Waals surface area contributed by atoms with Crippen molar-refractivity contribution in [2.75, 3.05) is 26.7 Å². The molecule has 28 heavy (non-hydrogen) atoms. The standard InChI is InChI=1S/C22H24FN3O2/c1-28-21-7-3-2-6-17(21)20(26-10-4-5-11-26)14-24-22(27)19-13-15-12-16(23)8-9-18(15)25-19/h2-3,6-9,12-13,20,25H,4-5,10-11,14H2,1H3,(H,24,27)/t20-/m0/s1. The average molecular weight is 381 g/mol. The number of ether oxygens (including phenoxy) is 1. The molecule has 0 spiro atoms. The number of amides is 1. The second kappa shape index (κ2) is 8.02. The number of methoxy groups -OCH3 is 1. The maximum Gasteiger partial charge on any atom is 0.267 e. The van der Waals surface area contributed by atoms with E-state index in [1.54, 1.807) is 19.2 Å². The Bertz CT molecular complexity index is 979. The highest BCUT2D eigenvalue weighted by atomic mass is 19.1. The maximum atomic E-state index is 13.4. The molecule has 1 aromatic heterocycles. The molecule has 146 valence electrons. The summed E-state index contributed by atoms with van der Waals surface area (Å²) < 4.78 is 18.9. The number of carbonyl (C=O) groups excluding carboxylic acids is 1. The quantitative estimate of drug-likeness (QED) is 0.681. The van der Waals surface area contributed by atoms with Crippen molar-refractivity contribution in [1.82, 2.24) is 15.2 Å². The number of para-hydroxylation sites is 1. The summed E-state index contributed by atoms with van der Waals surface area (Å²) in [5.41, 5.74) is 2.25. The fraction of sp³-hybridized carbons (Fsp3) is 0.318. The molecule has 0 saturated carbocycles. The first-order valence-electron chi connectivity index (χ1n) is 9.59. The van der Waals surface area contributed by atoms with Crippen LogP contribution >= 0.6 is 0 Å². The molecule has 0 bridgehead atoms. The van der Waals surface area contributed by atoms with Crippen molar-refractivity contribution < 1.29 is 13.9 Å². The van der Waals surface area contributed by atoms with Crippen molar-refractivity contribution in [3.8, 4) is 5.75 Å². The number of nitrogens with one attached hydrogen (secondary N) is 2. The number of carbonyl (C=O) groups is 1. The van der Waals surface area contributed by atoms with Crippen LogP contribution in [0.25, 0.3) is 10.9 Å². The number of halogens is 1. The predicted molar refractivity (Wildman–Crippen MR) is 107 cm³/mol. The lowest BCUT2D eigenvalue weighted by molar-refractivity contribution is 0.0933. The van der Waals surface area contributed by atoms with Gasteiger partial charge in [-0.3, -0.25) is 9.69 Å². The van der Waals surface area contributed by atoms with Gasteiger partial charge in [0.2, 0.25) is 0 Å². The Morgan fingerprint density at radius 2 is 2.00 bits per heavy atom. The molecule has 6 heteroatoms. The Balaban J connectivity index is 1.54. The summed E-state index contributed by atoms with van der Waals surface area (Å²) in [6.45, 7) is 2.48. The van der Waals surface area contributed by atoms with Crippen molar-refractivity contribution >= 4 is 16.8 Å². The lowest BCUT2D eigenvalue weighted by Gasteiger charge is -2.29. The van der Waals surface area contributed by atoms with Gasteiger partial charge in [0.25, 0.3) is 5.91 Å². The number of hydrogen-bond acceptors (Lipinski definition) is 3. The number of rotatable bonds is 6. The summed E-state index contributed by atoms with van der Waals surface area (Å²) in [4.78, 5) is 18.2. The van der Waals surface area contributed by atoms with Gasteiger partial charge in [0.1, 0.15) is 17.3 Å². The van der Waals surface area contributed by atoms with Crippen LogP contribution in [0.2, 0.25) is 0 Å². The monoisotopic (exact) mass is 381 g/mol. The highest BCUT2D eigenvalue weighted by molar-refractivity contribution is 5.98. The minimum absolute atomic E-state index is 0.0458. The molecule has 3 aromatic rings. The van der Waals surface area contributed by atoms with Crippen molar-refractivity contribution in [3.63, 3.8) is 0 Å². The maximum absolute atomic E-state index is 13.4. The molecule has 5 nitrogen and oxygen atoms in total. The van der Waals surface area contributed by atoms with E-state index in [1.165, 1.54) is 12.1 Å². The molecule has 0 radical (unpaired) electrons. The number of likely N-dealkylation sites (tertiary alicyclic amines) is 1. The topological polar surface area (TPSA) is 57.4 Å². The minimum atomic E-state index is -0.316. The minimum Gasteiger partial charge on any atom is -0.496 e. The van der Waals surface area contributed by atoms with E-state index < -0.39 is 0 Å². The summed E-state index contributed by atoms with van der Waals surface area (Å²) in [6, 6.07) is 14.1. The van der Waals surface area contributed by atoms with Crippen LogP contribution in [0, 0.1) is 5.82 Å². The summed E-state index contributed by atoms with van der Waals surface area (Å²) in [7, 11) is 1.67.